The lowest BCUT2D eigenvalue weighted by Crippen LogP contribution is -2.40. The molecule has 110 valence electrons. The summed E-state index contributed by atoms with van der Waals surface area (Å²) in [5.41, 5.74) is 7.93. The number of hydrogen-bond acceptors (Lipinski definition) is 4. The van der Waals surface area contributed by atoms with Crippen LogP contribution in [0, 0.1) is 0 Å². The maximum absolute atomic E-state index is 13.3. The summed E-state index contributed by atoms with van der Waals surface area (Å²) in [6.07, 6.45) is 2.89. The number of hydrogen-bond donors (Lipinski definition) is 1. The summed E-state index contributed by atoms with van der Waals surface area (Å²) in [6.45, 7) is 0.571. The molecule has 1 saturated heterocycles. The molecule has 2 N–H and O–H groups in total. The Morgan fingerprint density at radius 2 is 1.62 bits per heavy atom. The van der Waals surface area contributed by atoms with E-state index in [1.807, 2.05) is 17.0 Å². The average molecular weight is 290 g/mol. The van der Waals surface area contributed by atoms with Crippen LogP contribution in [0.3, 0.4) is 0 Å². The zero-order chi connectivity index (χ0) is 14.9. The fourth-order valence-corrected chi connectivity index (χ4v) is 2.45. The SMILES string of the molecule is Nc1ccc(-c2nccnc2N2CCC(F)(F)CC2)cc1. The van der Waals surface area contributed by atoms with E-state index in [0.29, 0.717) is 17.2 Å². The molecular formula is C15H16F2N4. The van der Waals surface area contributed by atoms with Crippen LogP contribution in [0.25, 0.3) is 11.3 Å². The second kappa shape index (κ2) is 5.27. The molecule has 21 heavy (non-hydrogen) atoms. The maximum atomic E-state index is 13.3. The lowest BCUT2D eigenvalue weighted by Gasteiger charge is -2.33. The third-order valence-electron chi connectivity index (χ3n) is 3.66. The van der Waals surface area contributed by atoms with E-state index in [-0.39, 0.29) is 25.9 Å². The van der Waals surface area contributed by atoms with E-state index in [2.05, 4.69) is 9.97 Å². The van der Waals surface area contributed by atoms with Crippen LogP contribution < -0.4 is 10.6 Å². The first-order valence-electron chi connectivity index (χ1n) is 6.85. The Bertz CT molecular complexity index is 618. The molecule has 1 aromatic carbocycles. The van der Waals surface area contributed by atoms with Crippen LogP contribution in [-0.4, -0.2) is 29.0 Å². The van der Waals surface area contributed by atoms with Crippen molar-refractivity contribution in [3.05, 3.63) is 36.7 Å². The zero-order valence-corrected chi connectivity index (χ0v) is 11.5. The van der Waals surface area contributed by atoms with Crippen LogP contribution in [0.15, 0.2) is 36.7 Å². The summed E-state index contributed by atoms with van der Waals surface area (Å²) in [7, 11) is 0. The van der Waals surface area contributed by atoms with Gasteiger partial charge >= 0.3 is 0 Å². The van der Waals surface area contributed by atoms with E-state index in [9.17, 15) is 8.78 Å². The van der Waals surface area contributed by atoms with Crippen molar-refractivity contribution in [2.75, 3.05) is 23.7 Å². The lowest BCUT2D eigenvalue weighted by molar-refractivity contribution is -0.0221. The molecule has 0 radical (unpaired) electrons. The number of nitrogen functional groups attached to an aromatic ring is 1. The van der Waals surface area contributed by atoms with E-state index >= 15 is 0 Å². The predicted molar refractivity (Wildman–Crippen MR) is 78.3 cm³/mol. The van der Waals surface area contributed by atoms with Gasteiger partial charge < -0.3 is 10.6 Å². The van der Waals surface area contributed by atoms with Gasteiger partial charge in [-0.15, -0.1) is 0 Å². The number of aromatic nitrogens is 2. The molecule has 6 heteroatoms. The molecule has 2 aromatic rings. The van der Waals surface area contributed by atoms with Gasteiger partial charge in [0.15, 0.2) is 5.82 Å². The maximum Gasteiger partial charge on any atom is 0.251 e. The smallest absolute Gasteiger partial charge is 0.251 e. The molecule has 1 aromatic heterocycles. The number of benzene rings is 1. The first-order chi connectivity index (χ1) is 10.1. The molecule has 0 atom stereocenters. The van der Waals surface area contributed by atoms with E-state index < -0.39 is 5.92 Å². The van der Waals surface area contributed by atoms with Gasteiger partial charge in [-0.25, -0.2) is 13.8 Å². The number of nitrogens with two attached hydrogens (primary N) is 1. The molecule has 4 nitrogen and oxygen atoms in total. The highest BCUT2D eigenvalue weighted by Gasteiger charge is 2.35. The lowest BCUT2D eigenvalue weighted by atomic mass is 10.1. The normalized spacial score (nSPS) is 17.7. The van der Waals surface area contributed by atoms with Crippen molar-refractivity contribution >= 4 is 11.5 Å². The molecule has 2 heterocycles. The van der Waals surface area contributed by atoms with Gasteiger partial charge in [0.25, 0.3) is 5.92 Å². The third kappa shape index (κ3) is 2.94. The average Bonchev–Trinajstić information content (AvgIpc) is 2.48. The van der Waals surface area contributed by atoms with E-state index in [4.69, 9.17) is 5.73 Å². The Kier molecular flexibility index (Phi) is 3.45. The molecule has 1 fully saturated rings. The number of alkyl halides is 2. The first kappa shape index (κ1) is 13.7. The van der Waals surface area contributed by atoms with Crippen molar-refractivity contribution in [1.29, 1.82) is 0 Å². The highest BCUT2D eigenvalue weighted by Crippen LogP contribution is 2.33. The van der Waals surface area contributed by atoms with Gasteiger partial charge in [-0.3, -0.25) is 4.98 Å². The monoisotopic (exact) mass is 290 g/mol. The van der Waals surface area contributed by atoms with Gasteiger partial charge in [0, 0.05) is 49.6 Å². The number of halogens is 2. The predicted octanol–water partition coefficient (Wildman–Crippen LogP) is 2.96. The fourth-order valence-electron chi connectivity index (χ4n) is 2.45. The van der Waals surface area contributed by atoms with Crippen molar-refractivity contribution in [2.45, 2.75) is 18.8 Å². The summed E-state index contributed by atoms with van der Waals surface area (Å²) >= 11 is 0. The van der Waals surface area contributed by atoms with Crippen molar-refractivity contribution in [2.24, 2.45) is 0 Å². The van der Waals surface area contributed by atoms with Crippen LogP contribution in [0.1, 0.15) is 12.8 Å². The summed E-state index contributed by atoms with van der Waals surface area (Å²) in [4.78, 5) is 10.6. The minimum Gasteiger partial charge on any atom is -0.399 e. The fraction of sp³-hybridized carbons (Fsp3) is 0.333. The molecule has 3 rings (SSSR count). The van der Waals surface area contributed by atoms with Crippen molar-refractivity contribution in [1.82, 2.24) is 9.97 Å². The van der Waals surface area contributed by atoms with Gasteiger partial charge in [-0.2, -0.15) is 0 Å². The van der Waals surface area contributed by atoms with Crippen LogP contribution in [0.4, 0.5) is 20.3 Å². The topological polar surface area (TPSA) is 55.0 Å². The summed E-state index contributed by atoms with van der Waals surface area (Å²) < 4.78 is 26.6. The Hall–Kier alpha value is -2.24. The molecule has 0 spiro atoms. The molecule has 1 aliphatic heterocycles. The Labute approximate surface area is 121 Å². The van der Waals surface area contributed by atoms with Crippen LogP contribution in [0.5, 0.6) is 0 Å². The summed E-state index contributed by atoms with van der Waals surface area (Å²) in [5.74, 6) is -1.92. The minimum absolute atomic E-state index is 0.148. The number of rotatable bonds is 2. The number of anilines is 2. The molecule has 0 amide bonds. The summed E-state index contributed by atoms with van der Waals surface area (Å²) in [5, 5.41) is 0. The van der Waals surface area contributed by atoms with Gasteiger partial charge in [0.1, 0.15) is 5.69 Å². The Balaban J connectivity index is 1.91. The molecule has 0 aliphatic carbocycles. The number of piperidine rings is 1. The van der Waals surface area contributed by atoms with E-state index in [0.717, 1.165) is 5.56 Å². The van der Waals surface area contributed by atoms with Gasteiger partial charge in [0.2, 0.25) is 0 Å². The van der Waals surface area contributed by atoms with Gasteiger partial charge in [-0.05, 0) is 12.1 Å². The first-order valence-corrected chi connectivity index (χ1v) is 6.85. The van der Waals surface area contributed by atoms with Gasteiger partial charge in [0.05, 0.1) is 0 Å². The van der Waals surface area contributed by atoms with Crippen LogP contribution >= 0.6 is 0 Å². The zero-order valence-electron chi connectivity index (χ0n) is 11.5. The molecule has 0 unspecified atom stereocenters. The standard InChI is InChI=1S/C15H16F2N4/c16-15(17)5-9-21(10-6-15)14-13(19-7-8-20-14)11-1-3-12(18)4-2-11/h1-4,7-8H,5-6,9-10,18H2. The Morgan fingerprint density at radius 3 is 2.29 bits per heavy atom. The second-order valence-electron chi connectivity index (χ2n) is 5.19. The summed E-state index contributed by atoms with van der Waals surface area (Å²) in [6, 6.07) is 7.30. The quantitative estimate of drug-likeness (QED) is 0.864. The second-order valence-corrected chi connectivity index (χ2v) is 5.19. The highest BCUT2D eigenvalue weighted by molar-refractivity contribution is 5.73. The van der Waals surface area contributed by atoms with E-state index in [1.54, 1.807) is 24.5 Å². The molecule has 0 saturated carbocycles. The van der Waals surface area contributed by atoms with Gasteiger partial charge in [-0.1, -0.05) is 12.1 Å². The van der Waals surface area contributed by atoms with Crippen molar-refractivity contribution in [3.8, 4) is 11.3 Å². The van der Waals surface area contributed by atoms with Crippen molar-refractivity contribution in [3.63, 3.8) is 0 Å². The molecule has 0 bridgehead atoms. The van der Waals surface area contributed by atoms with E-state index in [1.165, 1.54) is 0 Å². The molecular weight excluding hydrogens is 274 g/mol. The van der Waals surface area contributed by atoms with Crippen LogP contribution in [-0.2, 0) is 0 Å². The minimum atomic E-state index is -2.57. The highest BCUT2D eigenvalue weighted by atomic mass is 19.3. The van der Waals surface area contributed by atoms with Crippen LogP contribution in [0.2, 0.25) is 0 Å². The molecule has 1 aliphatic rings. The Morgan fingerprint density at radius 1 is 1.00 bits per heavy atom. The third-order valence-corrected chi connectivity index (χ3v) is 3.66. The number of nitrogens with zero attached hydrogens (tertiary/aromatic N) is 3. The van der Waals surface area contributed by atoms with Crippen molar-refractivity contribution < 1.29 is 8.78 Å². The largest absolute Gasteiger partial charge is 0.399 e.